The van der Waals surface area contributed by atoms with Gasteiger partial charge in [0.05, 0.1) is 12.2 Å². The molecule has 0 unspecified atom stereocenters. The average molecular weight is 651 g/mol. The molecule has 8 heteroatoms. The van der Waals surface area contributed by atoms with Gasteiger partial charge in [0.15, 0.2) is 0 Å². The molecule has 266 valence electrons. The first-order valence-corrected chi connectivity index (χ1v) is 18.5. The van der Waals surface area contributed by atoms with Crippen molar-refractivity contribution in [2.24, 2.45) is 11.8 Å². The van der Waals surface area contributed by atoms with Gasteiger partial charge in [-0.3, -0.25) is 14.4 Å². The van der Waals surface area contributed by atoms with E-state index in [1.165, 1.54) is 57.8 Å². The van der Waals surface area contributed by atoms with Crippen molar-refractivity contribution in [3.05, 3.63) is 24.3 Å². The van der Waals surface area contributed by atoms with Gasteiger partial charge < -0.3 is 24.8 Å². The van der Waals surface area contributed by atoms with E-state index in [0.29, 0.717) is 32.1 Å². The molecule has 1 saturated carbocycles. The number of aliphatic hydroxyl groups excluding tert-OH is 3. The average Bonchev–Trinajstić information content (AvgIpc) is 3.31. The third kappa shape index (κ3) is 21.7. The van der Waals surface area contributed by atoms with Gasteiger partial charge in [-0.15, -0.1) is 0 Å². The molecule has 1 rings (SSSR count). The van der Waals surface area contributed by atoms with Gasteiger partial charge in [0.1, 0.15) is 25.1 Å². The molecule has 46 heavy (non-hydrogen) atoms. The second-order valence-electron chi connectivity index (χ2n) is 13.1. The largest absolute Gasteiger partial charge is 0.463 e. The van der Waals surface area contributed by atoms with Crippen molar-refractivity contribution in [3.8, 4) is 0 Å². The van der Waals surface area contributed by atoms with Crippen molar-refractivity contribution in [1.82, 2.24) is 0 Å². The number of ketones is 1. The number of unbranched alkanes of at least 4 members (excludes halogenated alkanes) is 14. The van der Waals surface area contributed by atoms with Gasteiger partial charge in [-0.1, -0.05) is 128 Å². The Morgan fingerprint density at radius 2 is 1.28 bits per heavy atom. The lowest BCUT2D eigenvalue weighted by Gasteiger charge is -2.16. The topological polar surface area (TPSA) is 130 Å². The van der Waals surface area contributed by atoms with Gasteiger partial charge in [0, 0.05) is 31.1 Å². The molecular formula is C38H66O8. The molecule has 0 aromatic carbocycles. The summed E-state index contributed by atoms with van der Waals surface area (Å²) in [5, 5.41) is 30.5. The van der Waals surface area contributed by atoms with E-state index in [-0.39, 0.29) is 49.6 Å². The Balaban J connectivity index is 2.09. The molecule has 0 bridgehead atoms. The van der Waals surface area contributed by atoms with Crippen LogP contribution in [0.4, 0.5) is 0 Å². The number of aliphatic hydroxyl groups is 3. The second kappa shape index (κ2) is 28.0. The van der Waals surface area contributed by atoms with Crippen molar-refractivity contribution < 1.29 is 39.2 Å². The van der Waals surface area contributed by atoms with E-state index in [0.717, 1.165) is 38.5 Å². The molecule has 3 N–H and O–H groups in total. The molecule has 1 fully saturated rings. The van der Waals surface area contributed by atoms with E-state index in [1.807, 2.05) is 12.2 Å². The fourth-order valence-corrected chi connectivity index (χ4v) is 5.89. The van der Waals surface area contributed by atoms with Crippen LogP contribution in [-0.4, -0.2) is 64.6 Å². The minimum Gasteiger partial charge on any atom is -0.463 e. The minimum atomic E-state index is -1.05. The molecule has 1 aliphatic carbocycles. The van der Waals surface area contributed by atoms with Crippen molar-refractivity contribution in [1.29, 1.82) is 0 Å². The second-order valence-corrected chi connectivity index (χ2v) is 13.1. The summed E-state index contributed by atoms with van der Waals surface area (Å²) in [6.45, 7) is 3.96. The molecule has 1 aliphatic rings. The third-order valence-corrected chi connectivity index (χ3v) is 8.81. The highest BCUT2D eigenvalue weighted by Crippen LogP contribution is 2.33. The molecule has 0 aromatic rings. The Morgan fingerprint density at radius 1 is 0.761 bits per heavy atom. The fraction of sp³-hybridized carbons (Fsp3) is 0.816. The highest BCUT2D eigenvalue weighted by molar-refractivity contribution is 5.84. The van der Waals surface area contributed by atoms with Gasteiger partial charge in [-0.25, -0.2) is 0 Å². The molecule has 8 nitrogen and oxygen atoms in total. The van der Waals surface area contributed by atoms with Gasteiger partial charge >= 0.3 is 11.9 Å². The zero-order chi connectivity index (χ0) is 33.8. The van der Waals surface area contributed by atoms with Crippen LogP contribution in [0.3, 0.4) is 0 Å². The van der Waals surface area contributed by atoms with Crippen LogP contribution in [0.5, 0.6) is 0 Å². The molecule has 0 spiro atoms. The monoisotopic (exact) mass is 650 g/mol. The van der Waals surface area contributed by atoms with Crippen LogP contribution in [-0.2, 0) is 23.9 Å². The third-order valence-electron chi connectivity index (χ3n) is 8.81. The van der Waals surface area contributed by atoms with Crippen LogP contribution in [0.2, 0.25) is 0 Å². The molecule has 0 saturated heterocycles. The molecule has 0 aliphatic heterocycles. The molecule has 0 amide bonds. The Kier molecular flexibility index (Phi) is 25.6. The van der Waals surface area contributed by atoms with Gasteiger partial charge in [0.25, 0.3) is 0 Å². The summed E-state index contributed by atoms with van der Waals surface area (Å²) in [6.07, 6.45) is 25.9. The molecule has 0 heterocycles. The molecule has 0 radical (unpaired) electrons. The van der Waals surface area contributed by atoms with E-state index in [1.54, 1.807) is 12.2 Å². The first-order valence-electron chi connectivity index (χ1n) is 18.5. The Hall–Kier alpha value is -2.03. The maximum Gasteiger partial charge on any atom is 0.305 e. The highest BCUT2D eigenvalue weighted by Gasteiger charge is 2.39. The molecular weight excluding hydrogens is 584 g/mol. The highest BCUT2D eigenvalue weighted by atomic mass is 16.6. The van der Waals surface area contributed by atoms with Crippen molar-refractivity contribution in [2.45, 2.75) is 173 Å². The van der Waals surface area contributed by atoms with Crippen LogP contribution >= 0.6 is 0 Å². The van der Waals surface area contributed by atoms with Gasteiger partial charge in [-0.05, 0) is 32.1 Å². The van der Waals surface area contributed by atoms with Crippen LogP contribution in [0.15, 0.2) is 24.3 Å². The number of allylic oxidation sites excluding steroid dienone is 2. The number of carbonyl (C=O) groups excluding carboxylic acids is 3. The Bertz CT molecular complexity index is 854. The smallest absolute Gasteiger partial charge is 0.305 e. The van der Waals surface area contributed by atoms with Gasteiger partial charge in [0.2, 0.25) is 0 Å². The summed E-state index contributed by atoms with van der Waals surface area (Å²) in [4.78, 5) is 36.4. The molecule has 0 aromatic heterocycles. The van der Waals surface area contributed by atoms with Crippen LogP contribution in [0, 0.1) is 11.8 Å². The quantitative estimate of drug-likeness (QED) is 0.0426. The zero-order valence-corrected chi connectivity index (χ0v) is 29.0. The zero-order valence-electron chi connectivity index (χ0n) is 29.0. The first kappa shape index (κ1) is 42.0. The van der Waals surface area contributed by atoms with Crippen LogP contribution in [0.25, 0.3) is 0 Å². The first-order chi connectivity index (χ1) is 22.3. The summed E-state index contributed by atoms with van der Waals surface area (Å²) >= 11 is 0. The predicted octanol–water partition coefficient (Wildman–Crippen LogP) is 7.71. The lowest BCUT2D eigenvalue weighted by atomic mass is 9.90. The van der Waals surface area contributed by atoms with E-state index in [2.05, 4.69) is 13.8 Å². The lowest BCUT2D eigenvalue weighted by Crippen LogP contribution is -2.25. The van der Waals surface area contributed by atoms with E-state index in [4.69, 9.17) is 9.47 Å². The molecule has 5 atom stereocenters. The van der Waals surface area contributed by atoms with E-state index in [9.17, 15) is 29.7 Å². The van der Waals surface area contributed by atoms with E-state index >= 15 is 0 Å². The van der Waals surface area contributed by atoms with E-state index < -0.39 is 24.3 Å². The standard InChI is InChI=1S/C38H66O8/c1-3-5-7-8-9-10-11-12-13-14-15-20-24-37(43)45-29-32(40)30-46-38(44)25-21-17-16-19-23-33-34(36(42)28-35(33)41)27-26-31(39)22-18-6-4-2/h16,19,26-27,31-34,36,39-40,42H,3-15,17-18,20-25,28-30H2,1-2H3/b19-16-,27-26+/t31-,32+,33+,34+,36+/m0/s1. The SMILES string of the molecule is CCCCCCCCCCCCCCC(=O)OC[C@@H](O)COC(=O)CCC/C=C\C[C@H]1C(=O)C[C@@H](O)[C@@H]1/C=C/[C@@H](O)CCCCC. The van der Waals surface area contributed by atoms with Crippen LogP contribution < -0.4 is 0 Å². The van der Waals surface area contributed by atoms with Crippen LogP contribution in [0.1, 0.15) is 155 Å². The summed E-state index contributed by atoms with van der Waals surface area (Å²) in [7, 11) is 0. The maximum absolute atomic E-state index is 12.4. The number of ether oxygens (including phenoxy) is 2. The minimum absolute atomic E-state index is 0.0319. The Labute approximate surface area is 279 Å². The summed E-state index contributed by atoms with van der Waals surface area (Å²) in [5.41, 5.74) is 0. The summed E-state index contributed by atoms with van der Waals surface area (Å²) in [6, 6.07) is 0. The maximum atomic E-state index is 12.4. The lowest BCUT2D eigenvalue weighted by molar-refractivity contribution is -0.152. The number of esters is 2. The summed E-state index contributed by atoms with van der Waals surface area (Å²) in [5.74, 6) is -1.33. The number of Topliss-reactive ketones (excluding diaryl/α,β-unsaturated/α-hetero) is 1. The Morgan fingerprint density at radius 3 is 1.87 bits per heavy atom. The fourth-order valence-electron chi connectivity index (χ4n) is 5.89. The number of hydrogen-bond donors (Lipinski definition) is 3. The van der Waals surface area contributed by atoms with Gasteiger partial charge in [-0.2, -0.15) is 0 Å². The normalized spacial score (nSPS) is 19.7. The van der Waals surface area contributed by atoms with Crippen molar-refractivity contribution >= 4 is 17.7 Å². The number of carbonyl (C=O) groups is 3. The number of rotatable bonds is 29. The number of hydrogen-bond acceptors (Lipinski definition) is 8. The predicted molar refractivity (Wildman–Crippen MR) is 183 cm³/mol. The van der Waals surface area contributed by atoms with Crippen molar-refractivity contribution in [3.63, 3.8) is 0 Å². The summed E-state index contributed by atoms with van der Waals surface area (Å²) < 4.78 is 10.2. The van der Waals surface area contributed by atoms with Crippen molar-refractivity contribution in [2.75, 3.05) is 13.2 Å².